The molecule has 3 saturated carbocycles. The number of hydrogen-bond acceptors (Lipinski definition) is 15. The zero-order valence-corrected chi connectivity index (χ0v) is 34.4. The number of fused-ring (bicyclic) bond motifs is 1. The summed E-state index contributed by atoms with van der Waals surface area (Å²) in [6, 6.07) is 16.9. The lowest BCUT2D eigenvalue weighted by atomic mass is 9.42. The van der Waals surface area contributed by atoms with E-state index in [1.807, 2.05) is 6.07 Å². The molecule has 4 bridgehead atoms. The molecule has 15 nitrogen and oxygen atoms in total. The van der Waals surface area contributed by atoms with Crippen LogP contribution in [0.15, 0.2) is 78.9 Å². The van der Waals surface area contributed by atoms with Crippen LogP contribution in [0.2, 0.25) is 0 Å². The molecule has 15 heteroatoms. The number of ether oxygens (including phenoxy) is 7. The first-order valence-electron chi connectivity index (χ1n) is 19.7. The van der Waals surface area contributed by atoms with Gasteiger partial charge in [0.05, 0.1) is 24.2 Å². The van der Waals surface area contributed by atoms with Crippen molar-refractivity contribution in [2.24, 2.45) is 28.6 Å². The maximum Gasteiger partial charge on any atom is 0.338 e. The minimum Gasteiger partial charge on any atom is -0.466 e. The van der Waals surface area contributed by atoms with Gasteiger partial charge in [-0.3, -0.25) is 24.0 Å². The molecule has 0 amide bonds. The third kappa shape index (κ3) is 7.53. The monoisotopic (exact) mass is 830 g/mol. The van der Waals surface area contributed by atoms with Gasteiger partial charge in [-0.1, -0.05) is 62.0 Å². The number of ketones is 1. The van der Waals surface area contributed by atoms with Crippen LogP contribution in [-0.4, -0.2) is 102 Å². The Balaban J connectivity index is 1.65. The Morgan fingerprint density at radius 2 is 1.42 bits per heavy atom. The summed E-state index contributed by atoms with van der Waals surface area (Å²) >= 11 is 0. The average molecular weight is 831 g/mol. The molecule has 320 valence electrons. The summed E-state index contributed by atoms with van der Waals surface area (Å²) in [5, 5.41) is 13.4. The van der Waals surface area contributed by atoms with Crippen molar-refractivity contribution < 1.29 is 71.8 Å². The number of benzene rings is 2. The van der Waals surface area contributed by atoms with Gasteiger partial charge in [-0.2, -0.15) is 0 Å². The Labute approximate surface area is 347 Å². The van der Waals surface area contributed by atoms with Crippen LogP contribution in [0.4, 0.5) is 0 Å². The van der Waals surface area contributed by atoms with Gasteiger partial charge in [0.25, 0.3) is 0 Å². The summed E-state index contributed by atoms with van der Waals surface area (Å²) in [5.74, 6) is -9.42. The summed E-state index contributed by atoms with van der Waals surface area (Å²) in [4.78, 5) is 94.7. The third-order valence-electron chi connectivity index (χ3n) is 12.9. The van der Waals surface area contributed by atoms with Crippen molar-refractivity contribution in [2.75, 3.05) is 19.8 Å². The zero-order valence-electron chi connectivity index (χ0n) is 34.4. The average Bonchev–Trinajstić information content (AvgIpc) is 3.34. The molecule has 0 radical (unpaired) electrons. The van der Waals surface area contributed by atoms with Crippen LogP contribution in [0, 0.1) is 28.6 Å². The SMILES string of the molecule is C=C1[C@@H](OC(=O)C=Cc2ccccc2)C[C@H](COC(C)=O)[C@@]2(COC(=O)c3ccccc3)[C@@H](OC(C)=O)[C@H](OC(C)=O)[C@]3(O)[C@@]4(C)CO[C@]3(C)C(=O)C[C@H]4[C@@H](OC(C)=O)[C@H]12. The fourth-order valence-corrected chi connectivity index (χ4v) is 10.2. The Hall–Kier alpha value is -5.67. The van der Waals surface area contributed by atoms with Crippen molar-refractivity contribution in [1.82, 2.24) is 0 Å². The quantitative estimate of drug-likeness (QED) is 0.146. The van der Waals surface area contributed by atoms with Crippen molar-refractivity contribution in [3.8, 4) is 0 Å². The van der Waals surface area contributed by atoms with Gasteiger partial charge in [0.15, 0.2) is 23.6 Å². The standard InChI is InChI=1S/C45H50O15/c1-25-34(60-36(51)19-18-30-14-10-8-11-15-30)20-32(22-54-26(2)46)44(24-55-41(52)31-16-12-9-13-17-31)37(25)38(57-27(3)47)33-21-35(50)43(7)45(53,42(33,6)23-56-43)40(59-29(5)49)39(44)58-28(4)48/h8-19,32-34,37-40,53H,1,20-24H2,2-7H3/t32-,33+,34+,37+,38-,39+,40+,42+,43-,44-,45+/m1/s1. The number of hydrogen-bond donors (Lipinski definition) is 1. The molecule has 0 aromatic heterocycles. The van der Waals surface area contributed by atoms with Gasteiger partial charge >= 0.3 is 35.8 Å². The Morgan fingerprint density at radius 3 is 2.02 bits per heavy atom. The van der Waals surface area contributed by atoms with E-state index in [-0.39, 0.29) is 30.6 Å². The van der Waals surface area contributed by atoms with E-state index in [1.54, 1.807) is 55.5 Å². The predicted molar refractivity (Wildman–Crippen MR) is 209 cm³/mol. The van der Waals surface area contributed by atoms with Crippen molar-refractivity contribution in [3.05, 3.63) is 90.0 Å². The highest BCUT2D eigenvalue weighted by Gasteiger charge is 2.83. The molecule has 3 aliphatic carbocycles. The van der Waals surface area contributed by atoms with Crippen LogP contribution >= 0.6 is 0 Å². The number of rotatable bonds is 11. The molecule has 4 fully saturated rings. The maximum atomic E-state index is 14.4. The van der Waals surface area contributed by atoms with Crippen molar-refractivity contribution in [1.29, 1.82) is 0 Å². The summed E-state index contributed by atoms with van der Waals surface area (Å²) in [6.07, 6.45) is -4.32. The van der Waals surface area contributed by atoms with Crippen LogP contribution in [0.3, 0.4) is 0 Å². The largest absolute Gasteiger partial charge is 0.466 e. The molecule has 2 aromatic rings. The van der Waals surface area contributed by atoms with Gasteiger partial charge in [0, 0.05) is 63.4 Å². The summed E-state index contributed by atoms with van der Waals surface area (Å²) < 4.78 is 42.6. The molecule has 1 heterocycles. The van der Waals surface area contributed by atoms with E-state index in [0.717, 1.165) is 27.7 Å². The Kier molecular flexibility index (Phi) is 12.3. The number of carbonyl (C=O) groups is 7. The number of esters is 6. The number of aliphatic hydroxyl groups is 1. The van der Waals surface area contributed by atoms with E-state index in [9.17, 15) is 38.7 Å². The second-order valence-corrected chi connectivity index (χ2v) is 16.4. The molecule has 1 saturated heterocycles. The lowest BCUT2D eigenvalue weighted by molar-refractivity contribution is -0.298. The van der Waals surface area contributed by atoms with E-state index >= 15 is 0 Å². The fraction of sp³-hybridized carbons (Fsp3) is 0.489. The Bertz CT molecular complexity index is 2080. The van der Waals surface area contributed by atoms with Crippen LogP contribution in [0.1, 0.15) is 70.3 Å². The minimum atomic E-state index is -2.51. The highest BCUT2D eigenvalue weighted by Crippen LogP contribution is 2.68. The molecule has 1 N–H and O–H groups in total. The minimum absolute atomic E-state index is 0.0880. The predicted octanol–water partition coefficient (Wildman–Crippen LogP) is 4.13. The van der Waals surface area contributed by atoms with Gasteiger partial charge < -0.3 is 38.3 Å². The van der Waals surface area contributed by atoms with Gasteiger partial charge in [-0.15, -0.1) is 0 Å². The van der Waals surface area contributed by atoms with Gasteiger partial charge in [0.2, 0.25) is 0 Å². The summed E-state index contributed by atoms with van der Waals surface area (Å²) in [5.41, 5.74) is -7.25. The topological polar surface area (TPSA) is 204 Å². The second kappa shape index (κ2) is 16.8. The van der Waals surface area contributed by atoms with E-state index in [0.29, 0.717) is 5.56 Å². The molecule has 60 heavy (non-hydrogen) atoms. The van der Waals surface area contributed by atoms with Gasteiger partial charge in [0.1, 0.15) is 24.4 Å². The highest BCUT2D eigenvalue weighted by molar-refractivity contribution is 5.92. The first-order chi connectivity index (χ1) is 28.3. The first kappa shape index (κ1) is 43.9. The fourth-order valence-electron chi connectivity index (χ4n) is 10.2. The molecule has 0 spiro atoms. The summed E-state index contributed by atoms with van der Waals surface area (Å²) in [7, 11) is 0. The molecule has 6 rings (SSSR count). The lowest BCUT2D eigenvalue weighted by Gasteiger charge is -2.65. The van der Waals surface area contributed by atoms with Crippen molar-refractivity contribution in [3.63, 3.8) is 0 Å². The van der Waals surface area contributed by atoms with Crippen molar-refractivity contribution >= 4 is 47.7 Å². The zero-order chi connectivity index (χ0) is 43.8. The normalized spacial score (nSPS) is 34.3. The van der Waals surface area contributed by atoms with Crippen molar-refractivity contribution in [2.45, 2.75) is 90.0 Å². The van der Waals surface area contributed by atoms with Crippen LogP contribution in [0.5, 0.6) is 0 Å². The van der Waals surface area contributed by atoms with E-state index < -0.39 is 119 Å². The summed E-state index contributed by atoms with van der Waals surface area (Å²) in [6.45, 7) is 10.3. The molecule has 4 aliphatic rings. The molecule has 0 unspecified atom stereocenters. The third-order valence-corrected chi connectivity index (χ3v) is 12.9. The number of carbonyl (C=O) groups excluding carboxylic acids is 7. The first-order valence-corrected chi connectivity index (χ1v) is 19.7. The molecular weight excluding hydrogens is 780 g/mol. The van der Waals surface area contributed by atoms with Crippen LogP contribution in [-0.2, 0) is 61.9 Å². The smallest absolute Gasteiger partial charge is 0.338 e. The van der Waals surface area contributed by atoms with E-state index in [2.05, 4.69) is 6.58 Å². The second-order valence-electron chi connectivity index (χ2n) is 16.4. The van der Waals surface area contributed by atoms with Gasteiger partial charge in [-0.05, 0) is 42.7 Å². The van der Waals surface area contributed by atoms with E-state index in [4.69, 9.17) is 33.2 Å². The lowest BCUT2D eigenvalue weighted by Crippen LogP contribution is -2.80. The Morgan fingerprint density at radius 1 is 0.817 bits per heavy atom. The van der Waals surface area contributed by atoms with E-state index in [1.165, 1.54) is 25.1 Å². The van der Waals surface area contributed by atoms with Gasteiger partial charge in [-0.25, -0.2) is 9.59 Å². The number of Topliss-reactive ketones (excluding diaryl/α,β-unsaturated/α-hetero) is 1. The van der Waals surface area contributed by atoms with Crippen LogP contribution in [0.25, 0.3) is 6.08 Å². The molecule has 1 aliphatic heterocycles. The molecular formula is C45H50O15. The maximum absolute atomic E-state index is 14.4. The highest BCUT2D eigenvalue weighted by atomic mass is 16.6. The molecule has 2 aromatic carbocycles. The van der Waals surface area contributed by atoms with Crippen LogP contribution < -0.4 is 0 Å². The molecule has 11 atom stereocenters.